The molecule has 2 aliphatic rings. The molecule has 8 heteroatoms. The molecule has 3 heterocycles. The van der Waals surface area contributed by atoms with Crippen molar-refractivity contribution in [3.05, 3.63) is 18.2 Å². The number of aromatic nitrogens is 2. The fraction of sp³-hybridized carbons (Fsp3) is 0.667. The van der Waals surface area contributed by atoms with Gasteiger partial charge in [0.25, 0.3) is 0 Å². The maximum Gasteiger partial charge on any atom is 0.334 e. The summed E-state index contributed by atoms with van der Waals surface area (Å²) in [6.45, 7) is 5.13. The lowest BCUT2D eigenvalue weighted by Gasteiger charge is -2.45. The number of carboxylic acids is 1. The van der Waals surface area contributed by atoms with Crippen LogP contribution in [0.4, 0.5) is 4.79 Å². The van der Waals surface area contributed by atoms with Crippen LogP contribution < -0.4 is 5.32 Å². The van der Waals surface area contributed by atoms with Gasteiger partial charge in [-0.05, 0) is 13.8 Å². The van der Waals surface area contributed by atoms with E-state index in [-0.39, 0.29) is 18.6 Å². The van der Waals surface area contributed by atoms with E-state index in [2.05, 4.69) is 10.3 Å². The third-order valence-electron chi connectivity index (χ3n) is 4.40. The van der Waals surface area contributed by atoms with Gasteiger partial charge in [-0.2, -0.15) is 0 Å². The van der Waals surface area contributed by atoms with Crippen molar-refractivity contribution in [2.75, 3.05) is 13.1 Å². The summed E-state index contributed by atoms with van der Waals surface area (Å²) >= 11 is 0. The van der Waals surface area contributed by atoms with E-state index < -0.39 is 17.7 Å². The number of hydrogen-bond donors (Lipinski definition) is 2. The number of urea groups is 1. The normalized spacial score (nSPS) is 22.9. The van der Waals surface area contributed by atoms with E-state index in [4.69, 9.17) is 4.74 Å². The van der Waals surface area contributed by atoms with Crippen molar-refractivity contribution in [3.63, 3.8) is 0 Å². The summed E-state index contributed by atoms with van der Waals surface area (Å²) in [5.41, 5.74) is -0.723. The number of ether oxygens (including phenoxy) is 1. The molecular weight excluding hydrogens is 300 g/mol. The molecule has 0 saturated carbocycles. The van der Waals surface area contributed by atoms with Gasteiger partial charge in [-0.1, -0.05) is 0 Å². The third-order valence-corrected chi connectivity index (χ3v) is 4.40. The zero-order valence-electron chi connectivity index (χ0n) is 13.4. The van der Waals surface area contributed by atoms with Crippen LogP contribution in [-0.2, 0) is 21.7 Å². The van der Waals surface area contributed by atoms with Gasteiger partial charge >= 0.3 is 12.0 Å². The lowest BCUT2D eigenvalue weighted by atomic mass is 9.88. The smallest absolute Gasteiger partial charge is 0.334 e. The molecule has 1 atom stereocenters. The van der Waals surface area contributed by atoms with Gasteiger partial charge in [-0.15, -0.1) is 0 Å². The van der Waals surface area contributed by atoms with E-state index in [1.807, 2.05) is 18.4 Å². The van der Waals surface area contributed by atoms with Crippen molar-refractivity contribution in [1.82, 2.24) is 19.8 Å². The quantitative estimate of drug-likeness (QED) is 0.838. The number of amides is 2. The molecule has 2 amide bonds. The highest BCUT2D eigenvalue weighted by Gasteiger charge is 2.47. The number of likely N-dealkylation sites (tertiary alicyclic amines) is 1. The van der Waals surface area contributed by atoms with Crippen LogP contribution in [0, 0.1) is 0 Å². The molecule has 3 rings (SSSR count). The fourth-order valence-electron chi connectivity index (χ4n) is 3.28. The number of piperidine rings is 1. The first kappa shape index (κ1) is 15.8. The molecule has 1 fully saturated rings. The molecule has 0 aliphatic carbocycles. The minimum Gasteiger partial charge on any atom is -0.479 e. The second kappa shape index (κ2) is 5.84. The van der Waals surface area contributed by atoms with Gasteiger partial charge in [0.2, 0.25) is 0 Å². The SMILES string of the molecule is CC(C)NC(=O)N1CCC2(CC1)O[C@@H](C(=O)O)Cn1ccnc12. The number of aliphatic carboxylic acids is 1. The predicted octanol–water partition coefficient (Wildman–Crippen LogP) is 0.776. The van der Waals surface area contributed by atoms with E-state index in [1.165, 1.54) is 0 Å². The van der Waals surface area contributed by atoms with Crippen LogP contribution in [-0.4, -0.2) is 56.8 Å². The molecule has 0 unspecified atom stereocenters. The van der Waals surface area contributed by atoms with Gasteiger partial charge in [0.15, 0.2) is 6.10 Å². The Morgan fingerprint density at radius 2 is 2.13 bits per heavy atom. The van der Waals surface area contributed by atoms with Crippen LogP contribution in [0.5, 0.6) is 0 Å². The molecular formula is C15H22N4O4. The number of nitrogens with one attached hydrogen (secondary N) is 1. The zero-order valence-corrected chi connectivity index (χ0v) is 13.4. The minimum absolute atomic E-state index is 0.0830. The van der Waals surface area contributed by atoms with Crippen molar-refractivity contribution in [1.29, 1.82) is 0 Å². The Morgan fingerprint density at radius 3 is 2.74 bits per heavy atom. The molecule has 0 radical (unpaired) electrons. The third kappa shape index (κ3) is 2.90. The molecule has 1 aromatic rings. The van der Waals surface area contributed by atoms with Gasteiger partial charge in [-0.25, -0.2) is 14.6 Å². The van der Waals surface area contributed by atoms with Crippen molar-refractivity contribution in [3.8, 4) is 0 Å². The fourth-order valence-corrected chi connectivity index (χ4v) is 3.28. The first-order chi connectivity index (χ1) is 10.9. The monoisotopic (exact) mass is 322 g/mol. The van der Waals surface area contributed by atoms with Gasteiger partial charge < -0.3 is 24.6 Å². The minimum atomic E-state index is -0.969. The Kier molecular flexibility index (Phi) is 4.01. The van der Waals surface area contributed by atoms with E-state index in [9.17, 15) is 14.7 Å². The summed E-state index contributed by atoms with van der Waals surface area (Å²) in [5, 5.41) is 12.2. The van der Waals surface area contributed by atoms with Crippen LogP contribution in [0.15, 0.2) is 12.4 Å². The number of carboxylic acid groups (broad SMARTS) is 1. The molecule has 2 aliphatic heterocycles. The number of imidazole rings is 1. The van der Waals surface area contributed by atoms with Gasteiger partial charge in [-0.3, -0.25) is 0 Å². The van der Waals surface area contributed by atoms with Crippen LogP contribution in [0.25, 0.3) is 0 Å². The molecule has 1 spiro atoms. The number of carbonyl (C=O) groups is 2. The van der Waals surface area contributed by atoms with Crippen LogP contribution >= 0.6 is 0 Å². The number of carbonyl (C=O) groups excluding carboxylic acids is 1. The Hall–Kier alpha value is -2.09. The Bertz CT molecular complexity index is 604. The maximum atomic E-state index is 12.1. The van der Waals surface area contributed by atoms with Crippen molar-refractivity contribution in [2.45, 2.75) is 51.0 Å². The average Bonchev–Trinajstić information content (AvgIpc) is 2.96. The zero-order chi connectivity index (χ0) is 16.6. The highest BCUT2D eigenvalue weighted by molar-refractivity contribution is 5.74. The summed E-state index contributed by atoms with van der Waals surface area (Å²) in [6.07, 6.45) is 3.65. The van der Waals surface area contributed by atoms with Crippen LogP contribution in [0.1, 0.15) is 32.5 Å². The van der Waals surface area contributed by atoms with Crippen molar-refractivity contribution in [2.24, 2.45) is 0 Å². The molecule has 2 N–H and O–H groups in total. The Labute approximate surface area is 134 Å². The molecule has 8 nitrogen and oxygen atoms in total. The second-order valence-electron chi connectivity index (χ2n) is 6.43. The average molecular weight is 322 g/mol. The first-order valence-corrected chi connectivity index (χ1v) is 7.89. The lowest BCUT2D eigenvalue weighted by Crippen LogP contribution is -2.55. The molecule has 1 aromatic heterocycles. The topological polar surface area (TPSA) is 96.7 Å². The Balaban J connectivity index is 1.76. The molecule has 0 aromatic carbocycles. The standard InChI is InChI=1S/C15H22N4O4/c1-10(2)17-14(22)18-6-3-15(4-7-18)13-16-5-8-19(13)9-11(23-15)12(20)21/h5,8,10-11H,3-4,6-7,9H2,1-2H3,(H,17,22)(H,20,21)/t11-/m1/s1. The van der Waals surface area contributed by atoms with Crippen LogP contribution in [0.2, 0.25) is 0 Å². The number of rotatable bonds is 2. The van der Waals surface area contributed by atoms with Gasteiger partial charge in [0, 0.05) is 44.4 Å². The van der Waals surface area contributed by atoms with E-state index in [0.717, 1.165) is 5.82 Å². The summed E-state index contributed by atoms with van der Waals surface area (Å²) < 4.78 is 7.78. The van der Waals surface area contributed by atoms with E-state index in [1.54, 1.807) is 17.3 Å². The molecule has 126 valence electrons. The molecule has 0 bridgehead atoms. The Morgan fingerprint density at radius 1 is 1.43 bits per heavy atom. The largest absolute Gasteiger partial charge is 0.479 e. The maximum absolute atomic E-state index is 12.1. The van der Waals surface area contributed by atoms with Gasteiger partial charge in [0.05, 0.1) is 6.54 Å². The molecule has 23 heavy (non-hydrogen) atoms. The highest BCUT2D eigenvalue weighted by atomic mass is 16.5. The summed E-state index contributed by atoms with van der Waals surface area (Å²) in [6, 6.07) is -0.0107. The summed E-state index contributed by atoms with van der Waals surface area (Å²) in [5.74, 6) is -0.206. The summed E-state index contributed by atoms with van der Waals surface area (Å²) in [4.78, 5) is 29.6. The van der Waals surface area contributed by atoms with Crippen molar-refractivity contribution < 1.29 is 19.4 Å². The summed E-state index contributed by atoms with van der Waals surface area (Å²) in [7, 11) is 0. The lowest BCUT2D eigenvalue weighted by molar-refractivity contribution is -0.185. The van der Waals surface area contributed by atoms with E-state index >= 15 is 0 Å². The van der Waals surface area contributed by atoms with Crippen molar-refractivity contribution >= 4 is 12.0 Å². The first-order valence-electron chi connectivity index (χ1n) is 7.89. The second-order valence-corrected chi connectivity index (χ2v) is 6.43. The number of hydrogen-bond acceptors (Lipinski definition) is 4. The van der Waals surface area contributed by atoms with E-state index in [0.29, 0.717) is 25.9 Å². The highest BCUT2D eigenvalue weighted by Crippen LogP contribution is 2.40. The number of fused-ring (bicyclic) bond motifs is 2. The molecule has 1 saturated heterocycles. The predicted molar refractivity (Wildman–Crippen MR) is 80.9 cm³/mol. The van der Waals surface area contributed by atoms with Crippen LogP contribution in [0.3, 0.4) is 0 Å². The number of nitrogens with zero attached hydrogens (tertiary/aromatic N) is 3. The van der Waals surface area contributed by atoms with Gasteiger partial charge in [0.1, 0.15) is 11.4 Å².